The second kappa shape index (κ2) is 8.02. The normalized spacial score (nSPS) is 18.1. The molecule has 25 heavy (non-hydrogen) atoms. The second-order valence-corrected chi connectivity index (χ2v) is 7.57. The van der Waals surface area contributed by atoms with Crippen LogP contribution in [0.25, 0.3) is 0 Å². The third kappa shape index (κ3) is 4.41. The van der Waals surface area contributed by atoms with Crippen molar-refractivity contribution in [2.45, 2.75) is 55.7 Å². The van der Waals surface area contributed by atoms with Crippen molar-refractivity contribution in [2.24, 2.45) is 0 Å². The number of pyridine rings is 1. The number of carbonyl (C=O) groups is 1. The molecule has 2 heterocycles. The highest BCUT2D eigenvalue weighted by Crippen LogP contribution is 2.31. The monoisotopic (exact) mass is 356 g/mol. The van der Waals surface area contributed by atoms with Crippen LogP contribution in [-0.2, 0) is 4.74 Å². The van der Waals surface area contributed by atoms with Gasteiger partial charge in [-0.2, -0.15) is 0 Å². The number of aryl methyl sites for hydroxylation is 2. The summed E-state index contributed by atoms with van der Waals surface area (Å²) in [6.45, 7) is 6.94. The molecule has 0 bridgehead atoms. The zero-order chi connectivity index (χ0) is 17.8. The van der Waals surface area contributed by atoms with E-state index >= 15 is 0 Å². The summed E-state index contributed by atoms with van der Waals surface area (Å²) in [5.41, 5.74) is 3.03. The molecule has 1 N–H and O–H groups in total. The van der Waals surface area contributed by atoms with Gasteiger partial charge < -0.3 is 10.1 Å². The first kappa shape index (κ1) is 18.0. The summed E-state index contributed by atoms with van der Waals surface area (Å²) in [6.07, 6.45) is 3.90. The van der Waals surface area contributed by atoms with Crippen LogP contribution in [0.5, 0.6) is 0 Å². The molecule has 0 saturated carbocycles. The number of hydrogen-bond acceptors (Lipinski definition) is 4. The number of hydrogen-bond donors (Lipinski definition) is 1. The second-order valence-electron chi connectivity index (χ2n) is 6.54. The van der Waals surface area contributed by atoms with E-state index in [1.807, 2.05) is 13.0 Å². The fourth-order valence-corrected chi connectivity index (χ4v) is 3.99. The molecule has 1 fully saturated rings. The summed E-state index contributed by atoms with van der Waals surface area (Å²) in [5.74, 6) is -0.0941. The van der Waals surface area contributed by atoms with Gasteiger partial charge in [0.15, 0.2) is 0 Å². The predicted molar refractivity (Wildman–Crippen MR) is 100 cm³/mol. The van der Waals surface area contributed by atoms with E-state index in [1.54, 1.807) is 12.3 Å². The van der Waals surface area contributed by atoms with Crippen molar-refractivity contribution in [3.63, 3.8) is 0 Å². The van der Waals surface area contributed by atoms with E-state index in [4.69, 9.17) is 4.74 Å². The van der Waals surface area contributed by atoms with Crippen molar-refractivity contribution < 1.29 is 9.53 Å². The van der Waals surface area contributed by atoms with E-state index in [1.165, 1.54) is 22.9 Å². The Morgan fingerprint density at radius 2 is 2.20 bits per heavy atom. The molecular formula is C20H24N2O2S. The van der Waals surface area contributed by atoms with Crippen LogP contribution in [-0.4, -0.2) is 29.6 Å². The number of nitrogens with zero attached hydrogens (tertiary/aromatic N) is 1. The molecule has 5 heteroatoms. The van der Waals surface area contributed by atoms with E-state index in [2.05, 4.69) is 42.3 Å². The van der Waals surface area contributed by atoms with Gasteiger partial charge in [-0.05, 0) is 57.4 Å². The lowest BCUT2D eigenvalue weighted by molar-refractivity contribution is 0.0710. The summed E-state index contributed by atoms with van der Waals surface area (Å²) in [4.78, 5) is 18.3. The van der Waals surface area contributed by atoms with Crippen LogP contribution in [0.15, 0.2) is 46.5 Å². The minimum atomic E-state index is -0.0941. The van der Waals surface area contributed by atoms with Crippen LogP contribution in [0.3, 0.4) is 0 Å². The first-order valence-electron chi connectivity index (χ1n) is 8.67. The lowest BCUT2D eigenvalue weighted by atomic mass is 10.1. The molecule has 2 aromatic rings. The van der Waals surface area contributed by atoms with Gasteiger partial charge >= 0.3 is 0 Å². The van der Waals surface area contributed by atoms with Crippen molar-refractivity contribution >= 4 is 17.7 Å². The highest BCUT2D eigenvalue weighted by Gasteiger charge is 2.25. The Kier molecular flexibility index (Phi) is 5.76. The summed E-state index contributed by atoms with van der Waals surface area (Å²) in [6, 6.07) is 9.94. The van der Waals surface area contributed by atoms with Gasteiger partial charge in [-0.1, -0.05) is 29.5 Å². The quantitative estimate of drug-likeness (QED) is 0.874. The summed E-state index contributed by atoms with van der Waals surface area (Å²) < 4.78 is 5.67. The molecule has 1 aromatic carbocycles. The van der Waals surface area contributed by atoms with Gasteiger partial charge in [0.05, 0.1) is 17.7 Å². The van der Waals surface area contributed by atoms with Crippen molar-refractivity contribution in [2.75, 3.05) is 6.61 Å². The number of benzene rings is 1. The van der Waals surface area contributed by atoms with Gasteiger partial charge in [0.25, 0.3) is 5.91 Å². The van der Waals surface area contributed by atoms with Gasteiger partial charge in [0.2, 0.25) is 0 Å². The van der Waals surface area contributed by atoms with Crippen LogP contribution in [0.1, 0.15) is 41.3 Å². The molecule has 1 aromatic heterocycles. The van der Waals surface area contributed by atoms with Crippen LogP contribution < -0.4 is 5.32 Å². The molecule has 2 atom stereocenters. The van der Waals surface area contributed by atoms with Crippen molar-refractivity contribution in [3.05, 3.63) is 53.2 Å². The Labute approximate surface area is 153 Å². The molecule has 0 aliphatic carbocycles. The number of ether oxygens (including phenoxy) is 1. The molecule has 1 aliphatic rings. The maximum atomic E-state index is 12.7. The Bertz CT molecular complexity index is 757. The lowest BCUT2D eigenvalue weighted by Crippen LogP contribution is -2.41. The molecule has 4 nitrogen and oxygen atoms in total. The summed E-state index contributed by atoms with van der Waals surface area (Å²) in [7, 11) is 0. The molecule has 2 unspecified atom stereocenters. The van der Waals surface area contributed by atoms with E-state index in [9.17, 15) is 4.79 Å². The minimum Gasteiger partial charge on any atom is -0.376 e. The number of carbonyl (C=O) groups excluding carboxylic acids is 1. The lowest BCUT2D eigenvalue weighted by Gasteiger charge is -2.20. The Morgan fingerprint density at radius 1 is 1.36 bits per heavy atom. The standard InChI is InChI=1S/C20H24N2O2S/c1-13-8-9-18(14(2)12-13)25-20-16(6-4-10-21-20)19(23)22-15(3)17-7-5-11-24-17/h4,6,8-10,12,15,17H,5,7,11H2,1-3H3,(H,22,23). The van der Waals surface area contributed by atoms with E-state index in [0.29, 0.717) is 5.56 Å². The maximum absolute atomic E-state index is 12.7. The largest absolute Gasteiger partial charge is 0.376 e. The molecule has 0 radical (unpaired) electrons. The maximum Gasteiger partial charge on any atom is 0.254 e. The van der Waals surface area contributed by atoms with Crippen molar-refractivity contribution in [3.8, 4) is 0 Å². The Balaban J connectivity index is 1.76. The van der Waals surface area contributed by atoms with Crippen molar-refractivity contribution in [1.29, 1.82) is 0 Å². The van der Waals surface area contributed by atoms with Crippen molar-refractivity contribution in [1.82, 2.24) is 10.3 Å². The highest BCUT2D eigenvalue weighted by atomic mass is 32.2. The third-order valence-corrected chi connectivity index (χ3v) is 5.63. The molecule has 1 saturated heterocycles. The molecule has 132 valence electrons. The van der Waals surface area contributed by atoms with Crippen LogP contribution in [0.2, 0.25) is 0 Å². The van der Waals surface area contributed by atoms with Crippen LogP contribution >= 0.6 is 11.8 Å². The fourth-order valence-electron chi connectivity index (χ4n) is 3.04. The first-order chi connectivity index (χ1) is 12.0. The minimum absolute atomic E-state index is 0.00540. The number of nitrogens with one attached hydrogen (secondary N) is 1. The SMILES string of the molecule is Cc1ccc(Sc2ncccc2C(=O)NC(C)C2CCCO2)c(C)c1. The first-order valence-corrected chi connectivity index (χ1v) is 9.49. The predicted octanol–water partition coefficient (Wildman–Crippen LogP) is 4.15. The van der Waals surface area contributed by atoms with Gasteiger partial charge in [0, 0.05) is 17.7 Å². The molecule has 3 rings (SSSR count). The number of rotatable bonds is 5. The topological polar surface area (TPSA) is 51.2 Å². The smallest absolute Gasteiger partial charge is 0.254 e. The molecule has 1 amide bonds. The van der Waals surface area contributed by atoms with Crippen LogP contribution in [0.4, 0.5) is 0 Å². The van der Waals surface area contributed by atoms with Crippen LogP contribution in [0, 0.1) is 13.8 Å². The van der Waals surface area contributed by atoms with Gasteiger partial charge in [-0.3, -0.25) is 4.79 Å². The number of amides is 1. The van der Waals surface area contributed by atoms with E-state index in [-0.39, 0.29) is 18.1 Å². The van der Waals surface area contributed by atoms with E-state index < -0.39 is 0 Å². The average molecular weight is 356 g/mol. The number of aromatic nitrogens is 1. The van der Waals surface area contributed by atoms with Gasteiger partial charge in [-0.15, -0.1) is 0 Å². The average Bonchev–Trinajstić information content (AvgIpc) is 3.12. The highest BCUT2D eigenvalue weighted by molar-refractivity contribution is 7.99. The third-order valence-electron chi connectivity index (χ3n) is 4.43. The molecule has 0 spiro atoms. The van der Waals surface area contributed by atoms with E-state index in [0.717, 1.165) is 29.4 Å². The zero-order valence-electron chi connectivity index (χ0n) is 14.9. The summed E-state index contributed by atoms with van der Waals surface area (Å²) in [5, 5.41) is 3.80. The fraction of sp³-hybridized carbons (Fsp3) is 0.400. The molecule has 1 aliphatic heterocycles. The van der Waals surface area contributed by atoms with Gasteiger partial charge in [0.1, 0.15) is 5.03 Å². The molecular weight excluding hydrogens is 332 g/mol. The Hall–Kier alpha value is -1.85. The Morgan fingerprint density at radius 3 is 2.92 bits per heavy atom. The van der Waals surface area contributed by atoms with Gasteiger partial charge in [-0.25, -0.2) is 4.98 Å². The zero-order valence-corrected chi connectivity index (χ0v) is 15.7. The summed E-state index contributed by atoms with van der Waals surface area (Å²) >= 11 is 1.53.